The normalized spacial score (nSPS) is 9.84. The van der Waals surface area contributed by atoms with E-state index in [2.05, 4.69) is 30.3 Å². The van der Waals surface area contributed by atoms with Crippen molar-refractivity contribution in [2.75, 3.05) is 6.61 Å². The monoisotopic (exact) mass is 251 g/mol. The van der Waals surface area contributed by atoms with Gasteiger partial charge in [-0.15, -0.1) is 0 Å². The lowest BCUT2D eigenvalue weighted by atomic mass is 10.1. The molecule has 0 heterocycles. The van der Waals surface area contributed by atoms with E-state index < -0.39 is 0 Å². The van der Waals surface area contributed by atoms with Gasteiger partial charge in [-0.25, -0.2) is 0 Å². The average Bonchev–Trinajstić information content (AvgIpc) is 2.48. The van der Waals surface area contributed by atoms with Gasteiger partial charge in [-0.2, -0.15) is 5.26 Å². The van der Waals surface area contributed by atoms with Crippen LogP contribution in [0, 0.1) is 11.3 Å². The average molecular weight is 251 g/mol. The van der Waals surface area contributed by atoms with Crippen LogP contribution in [0.3, 0.4) is 0 Å². The quantitative estimate of drug-likeness (QED) is 0.728. The first-order valence-corrected chi connectivity index (χ1v) is 6.55. The molecule has 0 saturated carbocycles. The Bertz CT molecular complexity index is 543. The number of nitrogens with zero attached hydrogens (tertiary/aromatic N) is 1. The van der Waals surface area contributed by atoms with E-state index in [1.165, 1.54) is 5.56 Å². The molecule has 96 valence electrons. The molecule has 0 spiro atoms. The maximum Gasteiger partial charge on any atom is 0.120 e. The first-order valence-electron chi connectivity index (χ1n) is 6.55. The summed E-state index contributed by atoms with van der Waals surface area (Å²) in [4.78, 5) is 0. The highest BCUT2D eigenvalue weighted by Crippen LogP contribution is 2.13. The molecule has 2 aromatic carbocycles. The highest BCUT2D eigenvalue weighted by Gasteiger charge is 1.97. The van der Waals surface area contributed by atoms with Gasteiger partial charge >= 0.3 is 0 Å². The standard InChI is InChI=1S/C17H17NO/c18-14-16-10-6-11-17(13-16)19-12-5-4-9-15-7-2-1-3-8-15/h1-3,6-8,10-11,13H,4-5,9,12H2. The Hall–Kier alpha value is -2.27. The topological polar surface area (TPSA) is 33.0 Å². The lowest BCUT2D eigenvalue weighted by Gasteiger charge is -2.06. The van der Waals surface area contributed by atoms with Crippen molar-refractivity contribution in [3.05, 3.63) is 65.7 Å². The van der Waals surface area contributed by atoms with Crippen LogP contribution < -0.4 is 4.74 Å². The molecular formula is C17H17NO. The molecule has 0 aliphatic carbocycles. The summed E-state index contributed by atoms with van der Waals surface area (Å²) in [5.74, 6) is 0.777. The zero-order valence-electron chi connectivity index (χ0n) is 10.9. The zero-order chi connectivity index (χ0) is 13.3. The maximum atomic E-state index is 8.79. The van der Waals surface area contributed by atoms with E-state index in [0.717, 1.165) is 25.0 Å². The molecule has 0 radical (unpaired) electrons. The zero-order valence-corrected chi connectivity index (χ0v) is 10.9. The minimum absolute atomic E-state index is 0.641. The molecule has 0 saturated heterocycles. The largest absolute Gasteiger partial charge is 0.494 e. The van der Waals surface area contributed by atoms with Crippen LogP contribution in [-0.4, -0.2) is 6.61 Å². The van der Waals surface area contributed by atoms with Crippen LogP contribution in [0.4, 0.5) is 0 Å². The van der Waals surface area contributed by atoms with Crippen LogP contribution >= 0.6 is 0 Å². The van der Waals surface area contributed by atoms with Gasteiger partial charge in [0, 0.05) is 0 Å². The Kier molecular flexibility index (Phi) is 5.01. The first kappa shape index (κ1) is 13.2. The molecule has 0 aromatic heterocycles. The van der Waals surface area contributed by atoms with Crippen molar-refractivity contribution < 1.29 is 4.74 Å². The summed E-state index contributed by atoms with van der Waals surface area (Å²) in [5.41, 5.74) is 2.01. The molecule has 0 bridgehead atoms. The van der Waals surface area contributed by atoms with Crippen LogP contribution in [0.2, 0.25) is 0 Å². The number of hydrogen-bond donors (Lipinski definition) is 0. The van der Waals surface area contributed by atoms with E-state index in [1.807, 2.05) is 18.2 Å². The third-order valence-electron chi connectivity index (χ3n) is 2.93. The molecular weight excluding hydrogens is 234 g/mol. The van der Waals surface area contributed by atoms with Crippen molar-refractivity contribution in [3.63, 3.8) is 0 Å². The second-order valence-electron chi connectivity index (χ2n) is 4.43. The van der Waals surface area contributed by atoms with Crippen molar-refractivity contribution >= 4 is 0 Å². The molecule has 2 rings (SSSR count). The maximum absolute atomic E-state index is 8.79. The molecule has 0 aliphatic rings. The fraction of sp³-hybridized carbons (Fsp3) is 0.235. The summed E-state index contributed by atoms with van der Waals surface area (Å²) in [6.45, 7) is 0.696. The highest BCUT2D eigenvalue weighted by atomic mass is 16.5. The number of benzene rings is 2. The Morgan fingerprint density at radius 3 is 2.58 bits per heavy atom. The molecule has 0 unspecified atom stereocenters. The van der Waals surface area contributed by atoms with Gasteiger partial charge in [0.05, 0.1) is 18.2 Å². The summed E-state index contributed by atoms with van der Waals surface area (Å²) >= 11 is 0. The van der Waals surface area contributed by atoms with Crippen molar-refractivity contribution in [2.45, 2.75) is 19.3 Å². The van der Waals surface area contributed by atoms with Gasteiger partial charge < -0.3 is 4.74 Å². The summed E-state index contributed by atoms with van der Waals surface area (Å²) in [6, 6.07) is 19.9. The SMILES string of the molecule is N#Cc1cccc(OCCCCc2ccccc2)c1. The van der Waals surface area contributed by atoms with Gasteiger partial charge in [0.2, 0.25) is 0 Å². The van der Waals surface area contributed by atoms with E-state index in [4.69, 9.17) is 10.00 Å². The van der Waals surface area contributed by atoms with Gasteiger partial charge in [0.15, 0.2) is 0 Å². The number of nitriles is 1. The summed E-state index contributed by atoms with van der Waals surface area (Å²) in [7, 11) is 0. The molecule has 2 heteroatoms. The predicted octanol–water partition coefficient (Wildman–Crippen LogP) is 3.96. The fourth-order valence-electron chi connectivity index (χ4n) is 1.92. The van der Waals surface area contributed by atoms with Gasteiger partial charge in [0.25, 0.3) is 0 Å². The third-order valence-corrected chi connectivity index (χ3v) is 2.93. The van der Waals surface area contributed by atoms with E-state index in [0.29, 0.717) is 12.2 Å². The van der Waals surface area contributed by atoms with E-state index in [9.17, 15) is 0 Å². The molecule has 19 heavy (non-hydrogen) atoms. The lowest BCUT2D eigenvalue weighted by molar-refractivity contribution is 0.307. The highest BCUT2D eigenvalue weighted by molar-refractivity contribution is 5.36. The summed E-state index contributed by atoms with van der Waals surface area (Å²) in [5, 5.41) is 8.79. The van der Waals surface area contributed by atoms with Gasteiger partial charge in [-0.3, -0.25) is 0 Å². The smallest absolute Gasteiger partial charge is 0.120 e. The molecule has 0 amide bonds. The van der Waals surface area contributed by atoms with E-state index in [1.54, 1.807) is 12.1 Å². The predicted molar refractivity (Wildman–Crippen MR) is 76.0 cm³/mol. The van der Waals surface area contributed by atoms with Crippen molar-refractivity contribution in [1.82, 2.24) is 0 Å². The number of aryl methyl sites for hydroxylation is 1. The van der Waals surface area contributed by atoms with Gasteiger partial charge in [-0.05, 0) is 43.0 Å². The molecule has 2 nitrogen and oxygen atoms in total. The third kappa shape index (κ3) is 4.48. The summed E-state index contributed by atoms with van der Waals surface area (Å²) in [6.07, 6.45) is 3.22. The van der Waals surface area contributed by atoms with Gasteiger partial charge in [-0.1, -0.05) is 36.4 Å². The van der Waals surface area contributed by atoms with Crippen LogP contribution in [0.5, 0.6) is 5.75 Å². The van der Waals surface area contributed by atoms with Crippen molar-refractivity contribution in [2.24, 2.45) is 0 Å². The van der Waals surface area contributed by atoms with Crippen molar-refractivity contribution in [3.8, 4) is 11.8 Å². The Morgan fingerprint density at radius 2 is 1.79 bits per heavy atom. The lowest BCUT2D eigenvalue weighted by Crippen LogP contribution is -1.98. The van der Waals surface area contributed by atoms with Crippen molar-refractivity contribution in [1.29, 1.82) is 5.26 Å². The van der Waals surface area contributed by atoms with Crippen LogP contribution in [0.25, 0.3) is 0 Å². The Morgan fingerprint density at radius 1 is 0.947 bits per heavy atom. The van der Waals surface area contributed by atoms with Gasteiger partial charge in [0.1, 0.15) is 5.75 Å². The Labute approximate surface area is 114 Å². The first-order chi connectivity index (χ1) is 9.38. The van der Waals surface area contributed by atoms with Crippen LogP contribution in [0.15, 0.2) is 54.6 Å². The number of hydrogen-bond acceptors (Lipinski definition) is 2. The van der Waals surface area contributed by atoms with E-state index in [-0.39, 0.29) is 0 Å². The fourth-order valence-corrected chi connectivity index (χ4v) is 1.92. The van der Waals surface area contributed by atoms with Crippen LogP contribution in [-0.2, 0) is 6.42 Å². The number of unbranched alkanes of at least 4 members (excludes halogenated alkanes) is 1. The molecule has 0 N–H and O–H groups in total. The van der Waals surface area contributed by atoms with E-state index >= 15 is 0 Å². The number of ether oxygens (including phenoxy) is 1. The van der Waals surface area contributed by atoms with Crippen LogP contribution in [0.1, 0.15) is 24.0 Å². The molecule has 0 aliphatic heterocycles. The molecule has 0 fully saturated rings. The second-order valence-corrected chi connectivity index (χ2v) is 4.43. The Balaban J connectivity index is 1.68. The number of rotatable bonds is 6. The second kappa shape index (κ2) is 7.23. The molecule has 2 aromatic rings. The minimum Gasteiger partial charge on any atom is -0.494 e. The molecule has 0 atom stereocenters. The summed E-state index contributed by atoms with van der Waals surface area (Å²) < 4.78 is 5.64. The minimum atomic E-state index is 0.641.